The van der Waals surface area contributed by atoms with E-state index in [1.807, 2.05) is 0 Å². The molecule has 1 heterocycles. The second-order valence-electron chi connectivity index (χ2n) is 9.12. The largest absolute Gasteiger partial charge is 0.467 e. The first-order valence-electron chi connectivity index (χ1n) is 12.6. The van der Waals surface area contributed by atoms with Gasteiger partial charge in [0.2, 0.25) is 0 Å². The third-order valence-electron chi connectivity index (χ3n) is 6.59. The Morgan fingerprint density at radius 2 is 1.94 bits per heavy atom. The van der Waals surface area contributed by atoms with E-state index in [1.165, 1.54) is 32.8 Å². The molecule has 0 radical (unpaired) electrons. The smallest absolute Gasteiger partial charge is 0.335 e. The van der Waals surface area contributed by atoms with Crippen LogP contribution in [0.5, 0.6) is 0 Å². The molecule has 0 aromatic heterocycles. The molecule has 184 valence electrons. The van der Waals surface area contributed by atoms with Gasteiger partial charge in [-0.25, -0.2) is 4.79 Å². The molecule has 1 saturated heterocycles. The van der Waals surface area contributed by atoms with Crippen molar-refractivity contribution in [1.29, 1.82) is 0 Å². The van der Waals surface area contributed by atoms with Crippen LogP contribution < -0.4 is 0 Å². The molecule has 0 spiro atoms. The van der Waals surface area contributed by atoms with Crippen LogP contribution in [0.4, 0.5) is 0 Å². The average molecular weight is 485 g/mol. The van der Waals surface area contributed by atoms with Crippen LogP contribution in [0.2, 0.25) is 0 Å². The maximum absolute atomic E-state index is 12.1. The molecule has 6 heteroatoms. The Morgan fingerprint density at radius 3 is 2.66 bits per heavy atom. The van der Waals surface area contributed by atoms with Crippen LogP contribution in [0.3, 0.4) is 0 Å². The lowest BCUT2D eigenvalue weighted by Crippen LogP contribution is -2.33. The van der Waals surface area contributed by atoms with E-state index in [9.17, 15) is 4.79 Å². The fourth-order valence-electron chi connectivity index (χ4n) is 4.64. The second kappa shape index (κ2) is 16.2. The molecule has 2 unspecified atom stereocenters. The van der Waals surface area contributed by atoms with Gasteiger partial charge in [0.1, 0.15) is 0 Å². The first kappa shape index (κ1) is 27.8. The van der Waals surface area contributed by atoms with Crippen molar-refractivity contribution >= 4 is 31.2 Å². The SMILES string of the molecule is CCCCCC/C=C/[C@@H]1[C@@H](C/C=C\CCC(OC2CCCCO2)C(=O)OC)[C@H](S)C[C@@H]1S. The molecular formula is C26H44O4S2. The number of methoxy groups -OCH3 is 1. The highest BCUT2D eigenvalue weighted by molar-refractivity contribution is 7.82. The van der Waals surface area contributed by atoms with Crippen molar-refractivity contribution in [3.05, 3.63) is 24.3 Å². The molecule has 0 aromatic rings. The summed E-state index contributed by atoms with van der Waals surface area (Å²) in [5, 5.41) is 0.766. The topological polar surface area (TPSA) is 44.8 Å². The zero-order valence-corrected chi connectivity index (χ0v) is 21.8. The number of carbonyl (C=O) groups is 1. The van der Waals surface area contributed by atoms with E-state index in [-0.39, 0.29) is 12.3 Å². The van der Waals surface area contributed by atoms with Crippen molar-refractivity contribution in [2.75, 3.05) is 13.7 Å². The highest BCUT2D eigenvalue weighted by atomic mass is 32.1. The molecular weight excluding hydrogens is 440 g/mol. The summed E-state index contributed by atoms with van der Waals surface area (Å²) in [6.45, 7) is 2.95. The van der Waals surface area contributed by atoms with Gasteiger partial charge in [0.15, 0.2) is 12.4 Å². The van der Waals surface area contributed by atoms with E-state index < -0.39 is 6.10 Å². The Morgan fingerprint density at radius 1 is 1.09 bits per heavy atom. The Labute approximate surface area is 206 Å². The second-order valence-corrected chi connectivity index (χ2v) is 10.4. The Kier molecular flexibility index (Phi) is 14.1. The van der Waals surface area contributed by atoms with Crippen LogP contribution in [-0.2, 0) is 19.0 Å². The van der Waals surface area contributed by atoms with E-state index in [0.29, 0.717) is 35.4 Å². The number of ether oxygens (including phenoxy) is 3. The highest BCUT2D eigenvalue weighted by Gasteiger charge is 2.37. The molecule has 2 fully saturated rings. The summed E-state index contributed by atoms with van der Waals surface area (Å²) in [5.74, 6) is 0.666. The fraction of sp³-hybridized carbons (Fsp3) is 0.808. The quantitative estimate of drug-likeness (QED) is 0.127. The third-order valence-corrected chi connectivity index (χ3v) is 7.74. The Balaban J connectivity index is 1.78. The van der Waals surface area contributed by atoms with E-state index in [1.54, 1.807) is 0 Å². The minimum Gasteiger partial charge on any atom is -0.467 e. The van der Waals surface area contributed by atoms with Crippen molar-refractivity contribution in [2.45, 2.75) is 107 Å². The molecule has 6 atom stereocenters. The summed E-state index contributed by atoms with van der Waals surface area (Å²) < 4.78 is 16.4. The maximum Gasteiger partial charge on any atom is 0.335 e. The molecule has 0 aromatic carbocycles. The van der Waals surface area contributed by atoms with Crippen molar-refractivity contribution in [2.24, 2.45) is 11.8 Å². The van der Waals surface area contributed by atoms with Gasteiger partial charge in [-0.1, -0.05) is 50.5 Å². The van der Waals surface area contributed by atoms with Crippen LogP contribution in [0, 0.1) is 11.8 Å². The predicted molar refractivity (Wildman–Crippen MR) is 139 cm³/mol. The number of unbranched alkanes of at least 4 members (excludes halogenated alkanes) is 4. The third kappa shape index (κ3) is 9.82. The van der Waals surface area contributed by atoms with Gasteiger partial charge in [0, 0.05) is 17.1 Å². The maximum atomic E-state index is 12.1. The molecule has 0 bridgehead atoms. The van der Waals surface area contributed by atoms with Crippen molar-refractivity contribution in [3.63, 3.8) is 0 Å². The van der Waals surface area contributed by atoms with E-state index >= 15 is 0 Å². The molecule has 32 heavy (non-hydrogen) atoms. The van der Waals surface area contributed by atoms with Crippen molar-refractivity contribution < 1.29 is 19.0 Å². The lowest BCUT2D eigenvalue weighted by molar-refractivity contribution is -0.203. The van der Waals surface area contributed by atoms with Gasteiger partial charge in [0.05, 0.1) is 7.11 Å². The van der Waals surface area contributed by atoms with Crippen LogP contribution in [0.1, 0.15) is 84.0 Å². The molecule has 2 rings (SSSR count). The molecule has 0 amide bonds. The van der Waals surface area contributed by atoms with Crippen molar-refractivity contribution in [1.82, 2.24) is 0 Å². The van der Waals surface area contributed by atoms with E-state index in [0.717, 1.165) is 44.9 Å². The minimum atomic E-state index is -0.568. The average Bonchev–Trinajstić information content (AvgIpc) is 3.07. The fourth-order valence-corrected chi connectivity index (χ4v) is 5.90. The van der Waals surface area contributed by atoms with E-state index in [4.69, 9.17) is 39.5 Å². The summed E-state index contributed by atoms with van der Waals surface area (Å²) >= 11 is 9.70. The van der Waals surface area contributed by atoms with Gasteiger partial charge in [0.25, 0.3) is 0 Å². The van der Waals surface area contributed by atoms with Gasteiger partial charge in [-0.3, -0.25) is 0 Å². The van der Waals surface area contributed by atoms with Crippen LogP contribution in [0.15, 0.2) is 24.3 Å². The van der Waals surface area contributed by atoms with Crippen LogP contribution in [0.25, 0.3) is 0 Å². The van der Waals surface area contributed by atoms with Crippen molar-refractivity contribution in [3.8, 4) is 0 Å². The molecule has 1 saturated carbocycles. The normalized spacial score (nSPS) is 29.7. The summed E-state index contributed by atoms with van der Waals surface area (Å²) in [7, 11) is 1.41. The van der Waals surface area contributed by atoms with Crippen LogP contribution in [-0.4, -0.2) is 42.6 Å². The van der Waals surface area contributed by atoms with Gasteiger partial charge in [-0.15, -0.1) is 0 Å². The zero-order valence-electron chi connectivity index (χ0n) is 20.0. The zero-order chi connectivity index (χ0) is 23.2. The number of hydrogen-bond acceptors (Lipinski definition) is 6. The lowest BCUT2D eigenvalue weighted by Gasteiger charge is -2.26. The van der Waals surface area contributed by atoms with Gasteiger partial charge < -0.3 is 14.2 Å². The summed E-state index contributed by atoms with van der Waals surface area (Å²) in [6.07, 6.45) is 21.1. The first-order valence-corrected chi connectivity index (χ1v) is 13.6. The molecule has 1 aliphatic heterocycles. The summed E-state index contributed by atoms with van der Waals surface area (Å²) in [6, 6.07) is 0. The number of hydrogen-bond donors (Lipinski definition) is 2. The number of esters is 1. The lowest BCUT2D eigenvalue weighted by atomic mass is 9.91. The predicted octanol–water partition coefficient (Wildman–Crippen LogP) is 6.56. The van der Waals surface area contributed by atoms with E-state index in [2.05, 4.69) is 31.2 Å². The first-order chi connectivity index (χ1) is 15.6. The number of thiol groups is 2. The van der Waals surface area contributed by atoms with Gasteiger partial charge in [-0.05, 0) is 69.6 Å². The summed E-state index contributed by atoms with van der Waals surface area (Å²) in [4.78, 5) is 12.1. The Bertz CT molecular complexity index is 574. The molecule has 4 nitrogen and oxygen atoms in total. The monoisotopic (exact) mass is 484 g/mol. The minimum absolute atomic E-state index is 0.290. The Hall–Kier alpha value is -0.430. The standard InChI is InChI=1S/C26H44O4S2/c1-3-4-5-6-7-9-14-20-21(24(32)19-23(20)31)15-10-8-11-16-22(26(27)28-2)30-25-17-12-13-18-29-25/h8-10,14,20-25,31-32H,3-7,11-13,15-19H2,1-2H3/b10-8-,14-9+/t20-,21-,22?,23+,24-,25?/m1/s1. The van der Waals surface area contributed by atoms with Gasteiger partial charge >= 0.3 is 5.97 Å². The summed E-state index contributed by atoms with van der Waals surface area (Å²) in [5.41, 5.74) is 0. The molecule has 1 aliphatic carbocycles. The number of allylic oxidation sites excluding steroid dienone is 4. The number of carbonyl (C=O) groups excluding carboxylic acids is 1. The van der Waals surface area contributed by atoms with Crippen LogP contribution >= 0.6 is 25.3 Å². The molecule has 0 N–H and O–H groups in total. The number of rotatable bonds is 14. The molecule has 2 aliphatic rings. The highest BCUT2D eigenvalue weighted by Crippen LogP contribution is 2.41. The van der Waals surface area contributed by atoms with Gasteiger partial charge in [-0.2, -0.15) is 25.3 Å².